The molecule has 0 aromatic heterocycles. The minimum Gasteiger partial charge on any atom is -0.313 e. The Morgan fingerprint density at radius 2 is 1.61 bits per heavy atom. The molecule has 1 nitrogen and oxygen atoms in total. The first-order chi connectivity index (χ1) is 8.79. The van der Waals surface area contributed by atoms with Gasteiger partial charge in [0.2, 0.25) is 0 Å². The molecule has 1 unspecified atom stereocenters. The van der Waals surface area contributed by atoms with Crippen molar-refractivity contribution >= 4 is 0 Å². The fourth-order valence-electron chi connectivity index (χ4n) is 2.23. The molecule has 1 atom stereocenters. The summed E-state index contributed by atoms with van der Waals surface area (Å²) in [6.45, 7) is 2.13. The van der Waals surface area contributed by atoms with Crippen molar-refractivity contribution in [3.63, 3.8) is 0 Å². The average molecular weight is 239 g/mol. The molecule has 0 spiro atoms. The number of benzene rings is 2. The molecule has 0 aliphatic rings. The zero-order valence-electron chi connectivity index (χ0n) is 11.2. The zero-order chi connectivity index (χ0) is 12.8. The Balaban J connectivity index is 1.97. The van der Waals surface area contributed by atoms with Crippen molar-refractivity contribution in [3.8, 4) is 0 Å². The first-order valence-corrected chi connectivity index (χ1v) is 6.57. The number of rotatable bonds is 5. The summed E-state index contributed by atoms with van der Waals surface area (Å²) in [6.07, 6.45) is 2.24. The normalized spacial score (nSPS) is 12.3. The van der Waals surface area contributed by atoms with Gasteiger partial charge in [-0.2, -0.15) is 0 Å². The fourth-order valence-corrected chi connectivity index (χ4v) is 2.23. The maximum Gasteiger partial charge on any atom is 0.0320 e. The fraction of sp³-hybridized carbons (Fsp3) is 0.294. The Hall–Kier alpha value is -1.60. The summed E-state index contributed by atoms with van der Waals surface area (Å²) in [6, 6.07) is 19.9. The predicted octanol–water partition coefficient (Wildman–Crippen LogP) is 3.89. The molecule has 0 heterocycles. The smallest absolute Gasteiger partial charge is 0.0320 e. The van der Waals surface area contributed by atoms with Gasteiger partial charge >= 0.3 is 0 Å². The maximum absolute atomic E-state index is 3.40. The van der Waals surface area contributed by atoms with E-state index in [1.54, 1.807) is 0 Å². The Morgan fingerprint density at radius 1 is 0.944 bits per heavy atom. The van der Waals surface area contributed by atoms with Gasteiger partial charge < -0.3 is 5.32 Å². The lowest BCUT2D eigenvalue weighted by atomic mass is 9.99. The Bertz CT molecular complexity index is 459. The third-order valence-electron chi connectivity index (χ3n) is 3.39. The van der Waals surface area contributed by atoms with Crippen molar-refractivity contribution in [1.29, 1.82) is 0 Å². The molecule has 0 fully saturated rings. The van der Waals surface area contributed by atoms with E-state index in [9.17, 15) is 0 Å². The van der Waals surface area contributed by atoms with Crippen LogP contribution in [0.3, 0.4) is 0 Å². The summed E-state index contributed by atoms with van der Waals surface area (Å²) in [5.41, 5.74) is 4.11. The summed E-state index contributed by atoms with van der Waals surface area (Å²) in [7, 11) is 2.03. The van der Waals surface area contributed by atoms with Crippen LogP contribution in [0.2, 0.25) is 0 Å². The lowest BCUT2D eigenvalue weighted by Crippen LogP contribution is -2.16. The van der Waals surface area contributed by atoms with Gasteiger partial charge in [0.25, 0.3) is 0 Å². The van der Waals surface area contributed by atoms with Gasteiger partial charge in [0.1, 0.15) is 0 Å². The van der Waals surface area contributed by atoms with Crippen molar-refractivity contribution in [2.75, 3.05) is 7.05 Å². The van der Waals surface area contributed by atoms with Crippen molar-refractivity contribution in [1.82, 2.24) is 5.32 Å². The largest absolute Gasteiger partial charge is 0.313 e. The van der Waals surface area contributed by atoms with Crippen LogP contribution in [0.15, 0.2) is 54.6 Å². The third kappa shape index (κ3) is 3.44. The molecule has 0 aliphatic heterocycles. The monoisotopic (exact) mass is 239 g/mol. The molecule has 0 radical (unpaired) electrons. The van der Waals surface area contributed by atoms with Gasteiger partial charge in [-0.1, -0.05) is 60.2 Å². The molecule has 18 heavy (non-hydrogen) atoms. The highest BCUT2D eigenvalue weighted by Crippen LogP contribution is 2.18. The van der Waals surface area contributed by atoms with Gasteiger partial charge in [0, 0.05) is 6.04 Å². The molecule has 0 aliphatic carbocycles. The van der Waals surface area contributed by atoms with Crippen LogP contribution in [0.4, 0.5) is 0 Å². The van der Waals surface area contributed by atoms with Crippen LogP contribution in [0, 0.1) is 6.92 Å². The Morgan fingerprint density at radius 3 is 2.22 bits per heavy atom. The summed E-state index contributed by atoms with van der Waals surface area (Å²) < 4.78 is 0. The van der Waals surface area contributed by atoms with E-state index in [1.165, 1.54) is 16.7 Å². The minimum absolute atomic E-state index is 0.438. The van der Waals surface area contributed by atoms with Gasteiger partial charge in [0.05, 0.1) is 0 Å². The van der Waals surface area contributed by atoms with Crippen molar-refractivity contribution in [2.45, 2.75) is 25.8 Å². The van der Waals surface area contributed by atoms with Crippen LogP contribution in [0.25, 0.3) is 0 Å². The number of hydrogen-bond acceptors (Lipinski definition) is 1. The van der Waals surface area contributed by atoms with Gasteiger partial charge in [-0.3, -0.25) is 0 Å². The molecular weight excluding hydrogens is 218 g/mol. The van der Waals surface area contributed by atoms with E-state index in [-0.39, 0.29) is 0 Å². The van der Waals surface area contributed by atoms with Gasteiger partial charge in [0.15, 0.2) is 0 Å². The van der Waals surface area contributed by atoms with Crippen LogP contribution in [0.1, 0.15) is 29.2 Å². The third-order valence-corrected chi connectivity index (χ3v) is 3.39. The van der Waals surface area contributed by atoms with Gasteiger partial charge in [-0.05, 0) is 37.9 Å². The topological polar surface area (TPSA) is 12.0 Å². The average Bonchev–Trinajstić information content (AvgIpc) is 2.43. The molecule has 0 amide bonds. The van der Waals surface area contributed by atoms with E-state index in [0.717, 1.165) is 12.8 Å². The van der Waals surface area contributed by atoms with Crippen LogP contribution in [-0.4, -0.2) is 7.05 Å². The molecule has 0 saturated carbocycles. The quantitative estimate of drug-likeness (QED) is 0.834. The highest BCUT2D eigenvalue weighted by atomic mass is 14.9. The first kappa shape index (κ1) is 12.8. The Kier molecular flexibility index (Phi) is 4.54. The lowest BCUT2D eigenvalue weighted by Gasteiger charge is -2.16. The van der Waals surface area contributed by atoms with E-state index < -0.39 is 0 Å². The van der Waals surface area contributed by atoms with E-state index in [4.69, 9.17) is 0 Å². The summed E-state index contributed by atoms with van der Waals surface area (Å²) in [4.78, 5) is 0. The zero-order valence-corrected chi connectivity index (χ0v) is 11.2. The molecular formula is C17H21N. The molecule has 2 aromatic rings. The van der Waals surface area contributed by atoms with Crippen LogP contribution < -0.4 is 5.32 Å². The predicted molar refractivity (Wildman–Crippen MR) is 77.7 cm³/mol. The second-order valence-electron chi connectivity index (χ2n) is 4.78. The molecule has 94 valence electrons. The second kappa shape index (κ2) is 6.36. The van der Waals surface area contributed by atoms with E-state index in [1.807, 2.05) is 7.05 Å². The van der Waals surface area contributed by atoms with Gasteiger partial charge in [-0.25, -0.2) is 0 Å². The molecule has 2 rings (SSSR count). The number of hydrogen-bond donors (Lipinski definition) is 1. The molecule has 0 saturated heterocycles. The second-order valence-corrected chi connectivity index (χ2v) is 4.78. The van der Waals surface area contributed by atoms with E-state index in [0.29, 0.717) is 6.04 Å². The molecule has 2 aromatic carbocycles. The summed E-state index contributed by atoms with van der Waals surface area (Å²) in [5, 5.41) is 3.40. The van der Waals surface area contributed by atoms with Crippen molar-refractivity contribution < 1.29 is 0 Å². The van der Waals surface area contributed by atoms with Crippen LogP contribution >= 0.6 is 0 Å². The Labute approximate surface area is 110 Å². The number of nitrogens with one attached hydrogen (secondary N) is 1. The summed E-state index contributed by atoms with van der Waals surface area (Å²) >= 11 is 0. The molecule has 1 N–H and O–H groups in total. The highest BCUT2D eigenvalue weighted by Gasteiger charge is 2.08. The maximum atomic E-state index is 3.40. The summed E-state index contributed by atoms with van der Waals surface area (Å²) in [5.74, 6) is 0. The van der Waals surface area contributed by atoms with E-state index >= 15 is 0 Å². The van der Waals surface area contributed by atoms with Crippen LogP contribution in [-0.2, 0) is 6.42 Å². The first-order valence-electron chi connectivity index (χ1n) is 6.57. The SMILES string of the molecule is CNC(CCc1ccc(C)cc1)c1ccccc1. The van der Waals surface area contributed by atoms with Crippen LogP contribution in [0.5, 0.6) is 0 Å². The van der Waals surface area contributed by atoms with E-state index in [2.05, 4.69) is 66.8 Å². The highest BCUT2D eigenvalue weighted by molar-refractivity contribution is 5.23. The molecule has 1 heteroatoms. The minimum atomic E-state index is 0.438. The van der Waals surface area contributed by atoms with Crippen molar-refractivity contribution in [3.05, 3.63) is 71.3 Å². The van der Waals surface area contributed by atoms with Gasteiger partial charge in [-0.15, -0.1) is 0 Å². The standard InChI is InChI=1S/C17H21N/c1-14-8-10-15(11-9-14)12-13-17(18-2)16-6-4-3-5-7-16/h3-11,17-18H,12-13H2,1-2H3. The number of aryl methyl sites for hydroxylation is 2. The molecule has 0 bridgehead atoms. The lowest BCUT2D eigenvalue weighted by molar-refractivity contribution is 0.549. The van der Waals surface area contributed by atoms with Crippen molar-refractivity contribution in [2.24, 2.45) is 0 Å².